The summed E-state index contributed by atoms with van der Waals surface area (Å²) < 4.78 is 19.1. The molecule has 34 heavy (non-hydrogen) atoms. The van der Waals surface area contributed by atoms with E-state index in [2.05, 4.69) is 15.5 Å². The summed E-state index contributed by atoms with van der Waals surface area (Å²) in [4.78, 5) is 25.7. The van der Waals surface area contributed by atoms with Gasteiger partial charge in [0, 0.05) is 55.3 Å². The van der Waals surface area contributed by atoms with Crippen LogP contribution in [0.25, 0.3) is 22.0 Å². The van der Waals surface area contributed by atoms with Gasteiger partial charge in [-0.3, -0.25) is 19.0 Å². The highest BCUT2D eigenvalue weighted by Crippen LogP contribution is 2.22. The molecule has 1 amide bonds. The number of pyridine rings is 1. The predicted molar refractivity (Wildman–Crippen MR) is 127 cm³/mol. The van der Waals surface area contributed by atoms with Gasteiger partial charge in [0.2, 0.25) is 0 Å². The van der Waals surface area contributed by atoms with Gasteiger partial charge in [-0.05, 0) is 53.4 Å². The first-order chi connectivity index (χ1) is 16.4. The summed E-state index contributed by atoms with van der Waals surface area (Å²) in [7, 11) is 3.60. The number of rotatable bonds is 5. The van der Waals surface area contributed by atoms with Gasteiger partial charge in [-0.1, -0.05) is 6.07 Å². The number of fused-ring (bicyclic) bond motifs is 1. The standard InChI is InChI=1S/C25H21FN6O2/c1-30-9-7-23(29-30)28-24(33)19-11-16(12-20(26)14-19)15-32-10-6-17-13-18(3-4-21(17)25(32)34)22-5-8-27-31(22)2/h3-14H,15H2,1-2H3,(H,28,29,33). The summed E-state index contributed by atoms with van der Waals surface area (Å²) >= 11 is 0. The highest BCUT2D eigenvalue weighted by Gasteiger charge is 2.13. The lowest BCUT2D eigenvalue weighted by Gasteiger charge is -2.10. The van der Waals surface area contributed by atoms with Crippen LogP contribution in [0.1, 0.15) is 15.9 Å². The van der Waals surface area contributed by atoms with Crippen LogP contribution in [0.5, 0.6) is 0 Å². The Morgan fingerprint density at radius 2 is 1.88 bits per heavy atom. The molecule has 0 atom stereocenters. The fraction of sp³-hybridized carbons (Fsp3) is 0.120. The SMILES string of the molecule is Cn1ccc(NC(=O)c2cc(F)cc(Cn3ccc4cc(-c5ccnn5C)ccc4c3=O)c2)n1. The van der Waals surface area contributed by atoms with Gasteiger partial charge in [-0.25, -0.2) is 4.39 Å². The fourth-order valence-corrected chi connectivity index (χ4v) is 3.97. The number of nitrogens with one attached hydrogen (secondary N) is 1. The second-order valence-corrected chi connectivity index (χ2v) is 8.07. The average Bonchev–Trinajstić information content (AvgIpc) is 3.42. The van der Waals surface area contributed by atoms with E-state index in [4.69, 9.17) is 0 Å². The van der Waals surface area contributed by atoms with Gasteiger partial charge >= 0.3 is 0 Å². The molecular formula is C25H21FN6O2. The minimum atomic E-state index is -0.557. The van der Waals surface area contributed by atoms with Crippen LogP contribution in [-0.2, 0) is 20.6 Å². The van der Waals surface area contributed by atoms with Crippen LogP contribution in [0.15, 0.2) is 78.0 Å². The number of halogens is 1. The van der Waals surface area contributed by atoms with Crippen molar-refractivity contribution in [3.05, 3.63) is 100 Å². The monoisotopic (exact) mass is 456 g/mol. The van der Waals surface area contributed by atoms with Crippen molar-refractivity contribution < 1.29 is 9.18 Å². The van der Waals surface area contributed by atoms with E-state index in [1.54, 1.807) is 53.2 Å². The molecule has 0 unspecified atom stereocenters. The Morgan fingerprint density at radius 3 is 2.62 bits per heavy atom. The van der Waals surface area contributed by atoms with Crippen molar-refractivity contribution in [2.75, 3.05) is 5.32 Å². The Labute approximate surface area is 193 Å². The van der Waals surface area contributed by atoms with E-state index >= 15 is 0 Å². The van der Waals surface area contributed by atoms with E-state index in [1.165, 1.54) is 10.6 Å². The quantitative estimate of drug-likeness (QED) is 0.438. The molecule has 0 aliphatic carbocycles. The fourth-order valence-electron chi connectivity index (χ4n) is 3.97. The lowest BCUT2D eigenvalue weighted by molar-refractivity contribution is 0.102. The molecule has 0 aliphatic rings. The molecule has 0 aliphatic heterocycles. The molecule has 5 rings (SSSR count). The van der Waals surface area contributed by atoms with E-state index in [9.17, 15) is 14.0 Å². The van der Waals surface area contributed by atoms with E-state index in [1.807, 2.05) is 31.3 Å². The van der Waals surface area contributed by atoms with Crippen molar-refractivity contribution in [3.63, 3.8) is 0 Å². The molecular weight excluding hydrogens is 435 g/mol. The molecule has 0 fully saturated rings. The Bertz CT molecular complexity index is 1600. The highest BCUT2D eigenvalue weighted by molar-refractivity contribution is 6.03. The number of amides is 1. The Kier molecular flexibility index (Phi) is 5.29. The smallest absolute Gasteiger partial charge is 0.258 e. The van der Waals surface area contributed by atoms with Crippen molar-refractivity contribution in [1.82, 2.24) is 24.1 Å². The predicted octanol–water partition coefficient (Wildman–Crippen LogP) is 3.58. The van der Waals surface area contributed by atoms with Crippen LogP contribution in [0.3, 0.4) is 0 Å². The first-order valence-corrected chi connectivity index (χ1v) is 10.6. The van der Waals surface area contributed by atoms with Gasteiger partial charge in [-0.2, -0.15) is 10.2 Å². The lowest BCUT2D eigenvalue weighted by atomic mass is 10.1. The van der Waals surface area contributed by atoms with Gasteiger partial charge in [0.1, 0.15) is 5.82 Å². The average molecular weight is 456 g/mol. The lowest BCUT2D eigenvalue weighted by Crippen LogP contribution is -2.20. The number of nitrogens with zero attached hydrogens (tertiary/aromatic N) is 5. The Morgan fingerprint density at radius 1 is 1.03 bits per heavy atom. The van der Waals surface area contributed by atoms with Gasteiger partial charge in [0.25, 0.3) is 11.5 Å². The second kappa shape index (κ2) is 8.43. The van der Waals surface area contributed by atoms with Gasteiger partial charge in [0.05, 0.1) is 12.2 Å². The largest absolute Gasteiger partial charge is 0.311 e. The third kappa shape index (κ3) is 4.11. The van der Waals surface area contributed by atoms with E-state index < -0.39 is 11.7 Å². The van der Waals surface area contributed by atoms with Crippen LogP contribution in [0.2, 0.25) is 0 Å². The zero-order valence-corrected chi connectivity index (χ0v) is 18.6. The van der Waals surface area contributed by atoms with Crippen molar-refractivity contribution in [1.29, 1.82) is 0 Å². The Balaban J connectivity index is 1.43. The minimum Gasteiger partial charge on any atom is -0.311 e. The number of aryl methyl sites for hydroxylation is 2. The number of benzene rings is 2. The second-order valence-electron chi connectivity index (χ2n) is 8.07. The van der Waals surface area contributed by atoms with Crippen LogP contribution in [0.4, 0.5) is 10.2 Å². The number of carbonyl (C=O) groups is 1. The number of carbonyl (C=O) groups excluding carboxylic acids is 1. The number of hydrogen-bond acceptors (Lipinski definition) is 4. The molecule has 5 aromatic rings. The maximum absolute atomic E-state index is 14.3. The molecule has 0 spiro atoms. The number of anilines is 1. The van der Waals surface area contributed by atoms with Crippen LogP contribution < -0.4 is 10.9 Å². The van der Waals surface area contributed by atoms with Gasteiger partial charge in [0.15, 0.2) is 5.82 Å². The number of aromatic nitrogens is 5. The molecule has 3 aromatic heterocycles. The zero-order chi connectivity index (χ0) is 23.8. The van der Waals surface area contributed by atoms with Crippen LogP contribution >= 0.6 is 0 Å². The van der Waals surface area contributed by atoms with E-state index in [-0.39, 0.29) is 17.7 Å². The summed E-state index contributed by atoms with van der Waals surface area (Å²) in [5, 5.41) is 12.3. The summed E-state index contributed by atoms with van der Waals surface area (Å²) in [5.74, 6) is -0.666. The highest BCUT2D eigenvalue weighted by atomic mass is 19.1. The third-order valence-electron chi connectivity index (χ3n) is 5.62. The van der Waals surface area contributed by atoms with Crippen LogP contribution in [0, 0.1) is 5.82 Å². The first kappa shape index (κ1) is 21.3. The van der Waals surface area contributed by atoms with Crippen molar-refractivity contribution in [2.45, 2.75) is 6.54 Å². The molecule has 0 bridgehead atoms. The number of hydrogen-bond donors (Lipinski definition) is 1. The topological polar surface area (TPSA) is 86.7 Å². The normalized spacial score (nSPS) is 11.1. The van der Waals surface area contributed by atoms with Gasteiger partial charge < -0.3 is 9.88 Å². The first-order valence-electron chi connectivity index (χ1n) is 10.6. The minimum absolute atomic E-state index is 0.125. The van der Waals surface area contributed by atoms with Gasteiger partial charge in [-0.15, -0.1) is 0 Å². The van der Waals surface area contributed by atoms with Crippen LogP contribution in [-0.4, -0.2) is 30.0 Å². The molecule has 3 heterocycles. The van der Waals surface area contributed by atoms with Crippen molar-refractivity contribution in [2.24, 2.45) is 14.1 Å². The van der Waals surface area contributed by atoms with E-state index in [0.29, 0.717) is 16.8 Å². The molecule has 2 aromatic carbocycles. The molecule has 170 valence electrons. The molecule has 9 heteroatoms. The summed E-state index contributed by atoms with van der Waals surface area (Å²) in [6, 6.07) is 15.1. The summed E-state index contributed by atoms with van der Waals surface area (Å²) in [6.07, 6.45) is 5.09. The maximum Gasteiger partial charge on any atom is 0.258 e. The van der Waals surface area contributed by atoms with Crippen molar-refractivity contribution >= 4 is 22.5 Å². The van der Waals surface area contributed by atoms with E-state index in [0.717, 1.165) is 22.7 Å². The molecule has 0 radical (unpaired) electrons. The maximum atomic E-state index is 14.3. The molecule has 0 saturated carbocycles. The summed E-state index contributed by atoms with van der Waals surface area (Å²) in [5.41, 5.74) is 2.35. The molecule has 0 saturated heterocycles. The summed E-state index contributed by atoms with van der Waals surface area (Å²) in [6.45, 7) is 0.125. The Hall–Kier alpha value is -4.53. The molecule has 1 N–H and O–H groups in total. The molecule has 8 nitrogen and oxygen atoms in total. The van der Waals surface area contributed by atoms with Crippen molar-refractivity contribution in [3.8, 4) is 11.3 Å². The zero-order valence-electron chi connectivity index (χ0n) is 18.6. The third-order valence-corrected chi connectivity index (χ3v) is 5.62.